The molecule has 3 atom stereocenters. The highest BCUT2D eigenvalue weighted by molar-refractivity contribution is 6.00. The first-order chi connectivity index (χ1) is 25.5. The number of morpholine rings is 1. The second-order valence-corrected chi connectivity index (χ2v) is 13.6. The van der Waals surface area contributed by atoms with E-state index < -0.39 is 18.0 Å². The van der Waals surface area contributed by atoms with Crippen LogP contribution in [0, 0.1) is 19.3 Å². The molecular weight excluding hydrogens is 663 g/mol. The summed E-state index contributed by atoms with van der Waals surface area (Å²) < 4.78 is 34.3. The van der Waals surface area contributed by atoms with E-state index >= 15 is 4.39 Å². The van der Waals surface area contributed by atoms with Crippen LogP contribution in [0.5, 0.6) is 6.01 Å². The number of carbonyl (C=O) groups is 1. The number of aromatic nitrogens is 4. The Balaban J connectivity index is 1.09. The van der Waals surface area contributed by atoms with Crippen molar-refractivity contribution in [1.29, 1.82) is 0 Å². The Kier molecular flexibility index (Phi) is 9.49. The van der Waals surface area contributed by atoms with Gasteiger partial charge in [0.15, 0.2) is 5.82 Å². The molecule has 5 aromatic rings. The average molecular weight is 703 g/mol. The van der Waals surface area contributed by atoms with Crippen LogP contribution in [0.1, 0.15) is 24.0 Å². The first-order valence-electron chi connectivity index (χ1n) is 17.7. The first kappa shape index (κ1) is 33.7. The fourth-order valence-electron chi connectivity index (χ4n) is 7.65. The van der Waals surface area contributed by atoms with Gasteiger partial charge in [-0.05, 0) is 36.3 Å². The summed E-state index contributed by atoms with van der Waals surface area (Å²) in [6.45, 7) is 13.7. The number of hydrogen-bond acceptors (Lipinski definition) is 10. The van der Waals surface area contributed by atoms with Gasteiger partial charge < -0.3 is 24.0 Å². The van der Waals surface area contributed by atoms with Crippen LogP contribution in [0.15, 0.2) is 67.1 Å². The molecule has 0 spiro atoms. The number of amides is 1. The third-order valence-electron chi connectivity index (χ3n) is 10.2. The SMILES string of the molecule is [C-]#[N+]C[C@H]1CN(c2nc(OCCCN3C[C@@H]4C[C@H]3CO4)nc3c(F)c(-c4cncc5cccc(C)c45)ncc23)CCN1C(=O)OCc1ccccc1. The lowest BCUT2D eigenvalue weighted by Crippen LogP contribution is -2.56. The van der Waals surface area contributed by atoms with Crippen LogP contribution in [0.4, 0.5) is 15.0 Å². The Hall–Kier alpha value is -5.45. The number of fused-ring (bicyclic) bond motifs is 4. The second-order valence-electron chi connectivity index (χ2n) is 13.6. The molecule has 6 heterocycles. The van der Waals surface area contributed by atoms with E-state index in [4.69, 9.17) is 25.8 Å². The molecule has 8 rings (SSSR count). The predicted octanol–water partition coefficient (Wildman–Crippen LogP) is 5.68. The Morgan fingerprint density at radius 2 is 1.96 bits per heavy atom. The zero-order chi connectivity index (χ0) is 35.6. The normalized spacial score (nSPS) is 20.1. The van der Waals surface area contributed by atoms with Gasteiger partial charge in [-0.2, -0.15) is 9.97 Å². The summed E-state index contributed by atoms with van der Waals surface area (Å²) in [5.74, 6) is -0.163. The maximum Gasteiger partial charge on any atom is 0.410 e. The summed E-state index contributed by atoms with van der Waals surface area (Å²) >= 11 is 0. The zero-order valence-electron chi connectivity index (χ0n) is 28.9. The lowest BCUT2D eigenvalue weighted by atomic mass is 10.00. The van der Waals surface area contributed by atoms with Crippen LogP contribution in [0.25, 0.3) is 37.8 Å². The Bertz CT molecular complexity index is 2140. The van der Waals surface area contributed by atoms with Gasteiger partial charge in [-0.25, -0.2) is 15.8 Å². The molecule has 0 unspecified atom stereocenters. The number of nitrogens with zero attached hydrogens (tertiary/aromatic N) is 8. The molecule has 52 heavy (non-hydrogen) atoms. The molecule has 0 N–H and O–H groups in total. The molecule has 2 bridgehead atoms. The fourth-order valence-corrected chi connectivity index (χ4v) is 7.65. The van der Waals surface area contributed by atoms with Crippen LogP contribution in [0.3, 0.4) is 0 Å². The third-order valence-corrected chi connectivity index (χ3v) is 10.2. The number of piperazine rings is 1. The molecule has 0 aliphatic carbocycles. The summed E-state index contributed by atoms with van der Waals surface area (Å²) in [7, 11) is 0. The molecular formula is C39H39FN8O4. The molecule has 0 radical (unpaired) electrons. The van der Waals surface area contributed by atoms with Crippen molar-refractivity contribution in [2.24, 2.45) is 0 Å². The topological polar surface area (TPSA) is 110 Å². The minimum absolute atomic E-state index is 0.0588. The number of anilines is 1. The zero-order valence-corrected chi connectivity index (χ0v) is 28.9. The number of ether oxygens (including phenoxy) is 3. The Morgan fingerprint density at radius 3 is 2.77 bits per heavy atom. The number of aryl methyl sites for hydroxylation is 1. The lowest BCUT2D eigenvalue weighted by Gasteiger charge is -2.39. The van der Waals surface area contributed by atoms with Crippen molar-refractivity contribution in [3.8, 4) is 17.3 Å². The Labute approximate surface area is 301 Å². The number of pyridine rings is 2. The van der Waals surface area contributed by atoms with Gasteiger partial charge in [-0.3, -0.25) is 19.8 Å². The monoisotopic (exact) mass is 702 g/mol. The molecule has 3 aliphatic heterocycles. The quantitative estimate of drug-likeness (QED) is 0.133. The molecule has 3 aromatic heterocycles. The van der Waals surface area contributed by atoms with Crippen molar-refractivity contribution in [2.75, 3.05) is 57.4 Å². The minimum Gasteiger partial charge on any atom is -0.463 e. The molecule has 3 fully saturated rings. The van der Waals surface area contributed by atoms with E-state index in [9.17, 15) is 4.79 Å². The van der Waals surface area contributed by atoms with Gasteiger partial charge in [0.05, 0.1) is 24.7 Å². The van der Waals surface area contributed by atoms with E-state index in [0.29, 0.717) is 42.1 Å². The highest BCUT2D eigenvalue weighted by atomic mass is 19.1. The van der Waals surface area contributed by atoms with Gasteiger partial charge in [0, 0.05) is 68.3 Å². The van der Waals surface area contributed by atoms with E-state index in [0.717, 1.165) is 54.4 Å². The van der Waals surface area contributed by atoms with Gasteiger partial charge in [0.2, 0.25) is 6.54 Å². The standard InChI is InChI=1S/C39H39FN8O4/c1-25-8-6-11-27-17-42-19-31(33(25)27)35-34(40)36-32(20-43-35)37(45-38(44-36)50-15-7-12-46-22-30-16-28(46)24-51-30)47-13-14-48(29(21-47)18-41-2)39(49)52-23-26-9-4-3-5-10-26/h3-6,8-11,17,19-20,28-30H,7,12-16,18,21-24H2,1H3/t28-,29-,30-/m0/s1. The van der Waals surface area contributed by atoms with Crippen LogP contribution in [-0.4, -0.2) is 106 Å². The van der Waals surface area contributed by atoms with Gasteiger partial charge in [0.25, 0.3) is 0 Å². The molecule has 266 valence electrons. The van der Waals surface area contributed by atoms with Crippen LogP contribution in [-0.2, 0) is 16.1 Å². The van der Waals surface area contributed by atoms with Crippen molar-refractivity contribution in [3.05, 3.63) is 95.5 Å². The van der Waals surface area contributed by atoms with Crippen LogP contribution in [0.2, 0.25) is 0 Å². The highest BCUT2D eigenvalue weighted by Gasteiger charge is 2.38. The number of hydrogen-bond donors (Lipinski definition) is 0. The minimum atomic E-state index is -0.600. The van der Waals surface area contributed by atoms with E-state index in [1.165, 1.54) is 0 Å². The predicted molar refractivity (Wildman–Crippen MR) is 193 cm³/mol. The van der Waals surface area contributed by atoms with Crippen molar-refractivity contribution >= 4 is 33.6 Å². The molecule has 12 nitrogen and oxygen atoms in total. The van der Waals surface area contributed by atoms with Gasteiger partial charge in [0.1, 0.15) is 29.7 Å². The smallest absolute Gasteiger partial charge is 0.410 e. The van der Waals surface area contributed by atoms with E-state index in [2.05, 4.69) is 24.7 Å². The highest BCUT2D eigenvalue weighted by Crippen LogP contribution is 2.36. The Morgan fingerprint density at radius 1 is 1.08 bits per heavy atom. The largest absolute Gasteiger partial charge is 0.463 e. The van der Waals surface area contributed by atoms with Gasteiger partial charge in [-0.15, -0.1) is 0 Å². The first-order valence-corrected chi connectivity index (χ1v) is 17.7. The van der Waals surface area contributed by atoms with E-state index in [-0.39, 0.29) is 43.5 Å². The van der Waals surface area contributed by atoms with Gasteiger partial charge in [-0.1, -0.05) is 48.5 Å². The second kappa shape index (κ2) is 14.7. The van der Waals surface area contributed by atoms with Crippen LogP contribution < -0.4 is 9.64 Å². The number of halogens is 1. The van der Waals surface area contributed by atoms with Crippen molar-refractivity contribution in [1.82, 2.24) is 29.7 Å². The van der Waals surface area contributed by atoms with Crippen molar-refractivity contribution in [3.63, 3.8) is 0 Å². The molecule has 3 aliphatic rings. The summed E-state index contributed by atoms with van der Waals surface area (Å²) in [6.07, 6.45) is 6.65. The number of rotatable bonds is 10. The maximum atomic E-state index is 16.8. The van der Waals surface area contributed by atoms with Crippen LogP contribution >= 0.6 is 0 Å². The number of benzene rings is 2. The van der Waals surface area contributed by atoms with Gasteiger partial charge >= 0.3 is 12.1 Å². The summed E-state index contributed by atoms with van der Waals surface area (Å²) in [5, 5.41) is 2.16. The lowest BCUT2D eigenvalue weighted by molar-refractivity contribution is 0.0287. The summed E-state index contributed by atoms with van der Waals surface area (Å²) in [4.78, 5) is 41.3. The molecule has 3 saturated heterocycles. The summed E-state index contributed by atoms with van der Waals surface area (Å²) in [6, 6.07) is 15.4. The summed E-state index contributed by atoms with van der Waals surface area (Å²) in [5.41, 5.74) is 2.64. The molecule has 0 saturated carbocycles. The fraction of sp³-hybridized carbons (Fsp3) is 0.385. The number of likely N-dealkylation sites (tertiary alicyclic amines) is 1. The average Bonchev–Trinajstić information content (AvgIpc) is 3.80. The molecule has 13 heteroatoms. The van der Waals surface area contributed by atoms with Crippen molar-refractivity contribution in [2.45, 2.75) is 44.6 Å². The molecule has 2 aromatic carbocycles. The maximum absolute atomic E-state index is 16.8. The molecule has 1 amide bonds. The van der Waals surface area contributed by atoms with E-state index in [1.807, 2.05) is 60.4 Å². The third kappa shape index (κ3) is 6.67. The number of carbonyl (C=O) groups excluding carboxylic acids is 1. The van der Waals surface area contributed by atoms with Crippen molar-refractivity contribution < 1.29 is 23.4 Å². The van der Waals surface area contributed by atoms with E-state index in [1.54, 1.807) is 23.5 Å².